The van der Waals surface area contributed by atoms with Crippen molar-refractivity contribution in [3.63, 3.8) is 0 Å². The molecule has 0 spiro atoms. The Kier molecular flexibility index (Phi) is 5.87. The van der Waals surface area contributed by atoms with Crippen molar-refractivity contribution >= 4 is 5.97 Å². The number of rotatable bonds is 6. The third-order valence-electron chi connectivity index (χ3n) is 2.94. The van der Waals surface area contributed by atoms with Crippen LogP contribution in [0.2, 0.25) is 0 Å². The number of aliphatic hydroxyl groups excluding tert-OH is 4. The van der Waals surface area contributed by atoms with E-state index < -0.39 is 41.8 Å². The van der Waals surface area contributed by atoms with Crippen LogP contribution in [0, 0.1) is 0 Å². The maximum atomic E-state index is 10.7. The van der Waals surface area contributed by atoms with E-state index >= 15 is 0 Å². The molecule has 0 aromatic heterocycles. The van der Waals surface area contributed by atoms with Gasteiger partial charge in [0.1, 0.15) is 17.8 Å². The summed E-state index contributed by atoms with van der Waals surface area (Å²) in [5.74, 6) is -0.907. The van der Waals surface area contributed by atoms with Crippen LogP contribution in [0.25, 0.3) is 0 Å². The van der Waals surface area contributed by atoms with E-state index in [-0.39, 0.29) is 0 Å². The van der Waals surface area contributed by atoms with E-state index in [0.29, 0.717) is 0 Å². The molecule has 19 heavy (non-hydrogen) atoms. The molecule has 0 amide bonds. The second-order valence-electron chi connectivity index (χ2n) is 5.00. The number of hydrogen-bond acceptors (Lipinski definition) is 8. The Balaban J connectivity index is 5.15. The molecule has 0 aromatic rings. The van der Waals surface area contributed by atoms with E-state index in [2.05, 4.69) is 4.74 Å². The lowest BCUT2D eigenvalue weighted by Crippen LogP contribution is -2.65. The Bertz CT molecular complexity index is 312. The van der Waals surface area contributed by atoms with Crippen LogP contribution < -0.4 is 0 Å². The Labute approximate surface area is 110 Å². The maximum Gasteiger partial charge on any atom is 0.305 e. The fourth-order valence-corrected chi connectivity index (χ4v) is 1.65. The summed E-state index contributed by atoms with van der Waals surface area (Å²) in [6.45, 7) is 4.02. The molecule has 0 saturated heterocycles. The number of ether oxygens (including phenoxy) is 1. The Morgan fingerprint density at radius 1 is 1.05 bits per heavy atom. The van der Waals surface area contributed by atoms with Crippen molar-refractivity contribution in [2.45, 2.75) is 63.5 Å². The zero-order valence-corrected chi connectivity index (χ0v) is 11.3. The van der Waals surface area contributed by atoms with Gasteiger partial charge in [0.2, 0.25) is 6.29 Å². The number of aliphatic hydroxyl groups is 6. The van der Waals surface area contributed by atoms with Gasteiger partial charge in [-0.1, -0.05) is 0 Å². The average molecular weight is 282 g/mol. The lowest BCUT2D eigenvalue weighted by atomic mass is 9.80. The molecule has 0 aliphatic rings. The van der Waals surface area contributed by atoms with Gasteiger partial charge in [0.15, 0.2) is 5.60 Å². The molecule has 0 aliphatic heterocycles. The predicted molar refractivity (Wildman–Crippen MR) is 62.7 cm³/mol. The van der Waals surface area contributed by atoms with Crippen LogP contribution in [0.5, 0.6) is 0 Å². The summed E-state index contributed by atoms with van der Waals surface area (Å²) in [6.07, 6.45) is -7.41. The number of hydrogen-bond donors (Lipinski definition) is 6. The molecule has 0 saturated carbocycles. The molecule has 2 unspecified atom stereocenters. The van der Waals surface area contributed by atoms with Crippen molar-refractivity contribution < 1.29 is 40.2 Å². The minimum absolute atomic E-state index is 0.907. The van der Waals surface area contributed by atoms with Crippen LogP contribution in [-0.2, 0) is 9.53 Å². The summed E-state index contributed by atoms with van der Waals surface area (Å²) < 4.78 is 4.32. The van der Waals surface area contributed by atoms with Crippen LogP contribution in [0.4, 0.5) is 0 Å². The largest absolute Gasteiger partial charge is 0.433 e. The summed E-state index contributed by atoms with van der Waals surface area (Å²) >= 11 is 0. The lowest BCUT2D eigenvalue weighted by molar-refractivity contribution is -0.274. The topological polar surface area (TPSA) is 148 Å². The van der Waals surface area contributed by atoms with Crippen LogP contribution in [0.1, 0.15) is 27.7 Å². The Morgan fingerprint density at radius 2 is 1.47 bits per heavy atom. The Morgan fingerprint density at radius 3 is 1.79 bits per heavy atom. The van der Waals surface area contributed by atoms with Gasteiger partial charge in [-0.3, -0.25) is 4.79 Å². The van der Waals surface area contributed by atoms with E-state index in [1.54, 1.807) is 0 Å². The van der Waals surface area contributed by atoms with Gasteiger partial charge in [-0.25, -0.2) is 0 Å². The molecule has 6 atom stereocenters. The highest BCUT2D eigenvalue weighted by Crippen LogP contribution is 2.29. The second-order valence-corrected chi connectivity index (χ2v) is 5.00. The molecule has 0 fully saturated rings. The minimum Gasteiger partial charge on any atom is -0.433 e. The van der Waals surface area contributed by atoms with Crippen molar-refractivity contribution in [3.8, 4) is 0 Å². The predicted octanol–water partition coefficient (Wildman–Crippen LogP) is -2.53. The summed E-state index contributed by atoms with van der Waals surface area (Å²) in [5.41, 5.74) is -4.80. The molecule has 114 valence electrons. The van der Waals surface area contributed by atoms with Crippen molar-refractivity contribution in [1.82, 2.24) is 0 Å². The van der Waals surface area contributed by atoms with E-state index in [1.165, 1.54) is 6.92 Å². The van der Waals surface area contributed by atoms with Crippen molar-refractivity contribution in [3.05, 3.63) is 0 Å². The van der Waals surface area contributed by atoms with Crippen LogP contribution in [0.15, 0.2) is 0 Å². The zero-order chi connectivity index (χ0) is 15.6. The monoisotopic (exact) mass is 282 g/mol. The van der Waals surface area contributed by atoms with Gasteiger partial charge in [-0.05, 0) is 20.8 Å². The maximum absolute atomic E-state index is 10.7. The van der Waals surface area contributed by atoms with Crippen LogP contribution in [0.3, 0.4) is 0 Å². The van der Waals surface area contributed by atoms with Crippen LogP contribution >= 0.6 is 0 Å². The third kappa shape index (κ3) is 4.10. The summed E-state index contributed by atoms with van der Waals surface area (Å²) in [7, 11) is 0. The quantitative estimate of drug-likeness (QED) is 0.231. The van der Waals surface area contributed by atoms with Crippen molar-refractivity contribution in [2.24, 2.45) is 0 Å². The first-order chi connectivity index (χ1) is 8.35. The zero-order valence-electron chi connectivity index (χ0n) is 11.3. The van der Waals surface area contributed by atoms with Gasteiger partial charge in [0.25, 0.3) is 0 Å². The highest BCUT2D eigenvalue weighted by Gasteiger charge is 2.53. The van der Waals surface area contributed by atoms with Gasteiger partial charge >= 0.3 is 5.97 Å². The van der Waals surface area contributed by atoms with Crippen molar-refractivity contribution in [2.75, 3.05) is 0 Å². The SMILES string of the molecule is CC(=O)OC(O)[C@](C)(O)[C@@H](O)[C@](C)(O)[C@@H](O)C(C)O. The first kappa shape index (κ1) is 18.2. The van der Waals surface area contributed by atoms with Gasteiger partial charge in [0.05, 0.1) is 6.10 Å². The minimum atomic E-state index is -2.45. The molecule has 0 aliphatic carbocycles. The second kappa shape index (κ2) is 6.12. The molecular formula is C11H22O8. The lowest BCUT2D eigenvalue weighted by Gasteiger charge is -2.43. The average Bonchev–Trinajstić information content (AvgIpc) is 2.25. The van der Waals surface area contributed by atoms with E-state index in [0.717, 1.165) is 20.8 Å². The van der Waals surface area contributed by atoms with Gasteiger partial charge in [-0.15, -0.1) is 0 Å². The molecule has 0 bridgehead atoms. The number of carbonyl (C=O) groups excluding carboxylic acids is 1. The van der Waals surface area contributed by atoms with E-state index in [1.807, 2.05) is 0 Å². The molecular weight excluding hydrogens is 260 g/mol. The first-order valence-corrected chi connectivity index (χ1v) is 5.69. The molecule has 0 aromatic carbocycles. The van der Waals surface area contributed by atoms with Crippen molar-refractivity contribution in [1.29, 1.82) is 0 Å². The van der Waals surface area contributed by atoms with Gasteiger partial charge in [-0.2, -0.15) is 0 Å². The van der Waals surface area contributed by atoms with Gasteiger partial charge < -0.3 is 35.4 Å². The number of carbonyl (C=O) groups is 1. The highest BCUT2D eigenvalue weighted by atomic mass is 16.6. The number of esters is 1. The normalized spacial score (nSPS) is 24.5. The molecule has 0 radical (unpaired) electrons. The molecule has 0 rings (SSSR count). The summed E-state index contributed by atoms with van der Waals surface area (Å²) in [6, 6.07) is 0. The Hall–Kier alpha value is -0.770. The molecule has 0 heterocycles. The van der Waals surface area contributed by atoms with Gasteiger partial charge in [0, 0.05) is 6.92 Å². The van der Waals surface area contributed by atoms with E-state index in [4.69, 9.17) is 0 Å². The smallest absolute Gasteiger partial charge is 0.305 e. The summed E-state index contributed by atoms with van der Waals surface area (Å²) in [4.78, 5) is 10.7. The van der Waals surface area contributed by atoms with Crippen LogP contribution in [-0.4, -0.2) is 72.4 Å². The fraction of sp³-hybridized carbons (Fsp3) is 0.909. The standard InChI is InChI=1S/C11H22O8/c1-5(12)7(14)10(3,17)8(15)11(4,18)9(16)19-6(2)13/h5,7-9,12,14-18H,1-4H3/t5?,7-,8-,9?,10+,11+/m0/s1. The fourth-order valence-electron chi connectivity index (χ4n) is 1.65. The molecule has 6 N–H and O–H groups in total. The summed E-state index contributed by atoms with van der Waals surface area (Å²) in [5, 5.41) is 58.1. The highest BCUT2D eigenvalue weighted by molar-refractivity contribution is 5.66. The first-order valence-electron chi connectivity index (χ1n) is 5.69. The third-order valence-corrected chi connectivity index (χ3v) is 2.94. The molecule has 8 nitrogen and oxygen atoms in total. The molecule has 8 heteroatoms. The van der Waals surface area contributed by atoms with E-state index in [9.17, 15) is 35.4 Å².